The van der Waals surface area contributed by atoms with E-state index in [4.69, 9.17) is 0 Å². The molecular weight excluding hydrogens is 258 g/mol. The first-order valence-electron chi connectivity index (χ1n) is 6.44. The lowest BCUT2D eigenvalue weighted by molar-refractivity contribution is 0.0601. The fourth-order valence-electron chi connectivity index (χ4n) is 1.76. The van der Waals surface area contributed by atoms with Crippen molar-refractivity contribution in [3.8, 4) is 0 Å². The van der Waals surface area contributed by atoms with Gasteiger partial charge in [-0.05, 0) is 31.5 Å². The molecule has 2 aromatic rings. The number of methoxy groups -OCH3 is 1. The van der Waals surface area contributed by atoms with Gasteiger partial charge in [-0.15, -0.1) is 0 Å². The first-order valence-corrected chi connectivity index (χ1v) is 6.44. The minimum Gasteiger partial charge on any atom is -0.465 e. The number of H-pyrrole nitrogens is 1. The largest absolute Gasteiger partial charge is 0.465 e. The van der Waals surface area contributed by atoms with Crippen LogP contribution in [0.25, 0.3) is 11.0 Å². The average Bonchev–Trinajstić information content (AvgIpc) is 2.46. The highest BCUT2D eigenvalue weighted by Gasteiger charge is 2.10. The Morgan fingerprint density at radius 1 is 1.50 bits per heavy atom. The molecule has 1 atom stereocenters. The van der Waals surface area contributed by atoms with Crippen LogP contribution in [-0.4, -0.2) is 29.1 Å². The molecule has 1 unspecified atom stereocenters. The molecule has 0 amide bonds. The molecule has 0 fully saturated rings. The third kappa shape index (κ3) is 2.79. The molecule has 1 aromatic heterocycles. The number of aromatic nitrogens is 2. The zero-order valence-electron chi connectivity index (χ0n) is 11.7. The highest BCUT2D eigenvalue weighted by Crippen LogP contribution is 2.13. The second-order valence-corrected chi connectivity index (χ2v) is 4.59. The van der Waals surface area contributed by atoms with E-state index < -0.39 is 5.97 Å². The number of benzene rings is 1. The molecule has 0 bridgehead atoms. The smallest absolute Gasteiger partial charge is 0.337 e. The van der Waals surface area contributed by atoms with Crippen molar-refractivity contribution in [2.75, 3.05) is 12.4 Å². The number of fused-ring (bicyclic) bond motifs is 1. The van der Waals surface area contributed by atoms with Crippen molar-refractivity contribution in [1.82, 2.24) is 9.97 Å². The number of aromatic amines is 1. The van der Waals surface area contributed by atoms with Crippen molar-refractivity contribution in [2.24, 2.45) is 0 Å². The van der Waals surface area contributed by atoms with Gasteiger partial charge in [0, 0.05) is 6.04 Å². The maximum absolute atomic E-state index is 11.9. The molecule has 0 aliphatic heterocycles. The van der Waals surface area contributed by atoms with Crippen molar-refractivity contribution in [3.05, 3.63) is 34.1 Å². The number of esters is 1. The van der Waals surface area contributed by atoms with E-state index in [0.29, 0.717) is 16.6 Å². The van der Waals surface area contributed by atoms with Crippen LogP contribution in [0.4, 0.5) is 5.82 Å². The number of hydrogen-bond acceptors (Lipinski definition) is 5. The van der Waals surface area contributed by atoms with Gasteiger partial charge in [-0.25, -0.2) is 9.78 Å². The number of carbonyl (C=O) groups excluding carboxylic acids is 1. The molecule has 106 valence electrons. The number of nitrogens with one attached hydrogen (secondary N) is 2. The summed E-state index contributed by atoms with van der Waals surface area (Å²) >= 11 is 0. The maximum Gasteiger partial charge on any atom is 0.337 e. The highest BCUT2D eigenvalue weighted by atomic mass is 16.5. The molecule has 0 saturated carbocycles. The number of rotatable bonds is 4. The molecule has 0 aliphatic carbocycles. The monoisotopic (exact) mass is 275 g/mol. The lowest BCUT2D eigenvalue weighted by Gasteiger charge is -2.11. The van der Waals surface area contributed by atoms with Crippen LogP contribution in [0, 0.1) is 0 Å². The Morgan fingerprint density at radius 3 is 2.90 bits per heavy atom. The van der Waals surface area contributed by atoms with Crippen molar-refractivity contribution in [1.29, 1.82) is 0 Å². The zero-order chi connectivity index (χ0) is 14.7. The minimum absolute atomic E-state index is 0.143. The Bertz CT molecular complexity index is 694. The summed E-state index contributed by atoms with van der Waals surface area (Å²) in [5, 5.41) is 3.04. The Labute approximate surface area is 116 Å². The summed E-state index contributed by atoms with van der Waals surface area (Å²) < 4.78 is 4.67. The molecule has 0 aliphatic rings. The van der Waals surface area contributed by atoms with E-state index in [1.165, 1.54) is 7.11 Å². The predicted molar refractivity (Wildman–Crippen MR) is 77.1 cm³/mol. The van der Waals surface area contributed by atoms with Crippen LogP contribution in [0.5, 0.6) is 0 Å². The van der Waals surface area contributed by atoms with Gasteiger partial charge < -0.3 is 15.0 Å². The van der Waals surface area contributed by atoms with Gasteiger partial charge in [0.05, 0.1) is 23.7 Å². The lowest BCUT2D eigenvalue weighted by atomic mass is 10.2. The fourth-order valence-corrected chi connectivity index (χ4v) is 1.76. The average molecular weight is 275 g/mol. The lowest BCUT2D eigenvalue weighted by Crippen LogP contribution is -2.22. The number of ether oxygens (including phenoxy) is 1. The number of anilines is 1. The molecule has 0 spiro atoms. The van der Waals surface area contributed by atoms with Gasteiger partial charge >= 0.3 is 5.97 Å². The number of hydrogen-bond donors (Lipinski definition) is 2. The van der Waals surface area contributed by atoms with Crippen LogP contribution in [-0.2, 0) is 4.74 Å². The maximum atomic E-state index is 11.9. The van der Waals surface area contributed by atoms with Crippen LogP contribution < -0.4 is 10.9 Å². The Morgan fingerprint density at radius 2 is 2.25 bits per heavy atom. The third-order valence-corrected chi connectivity index (χ3v) is 3.11. The van der Waals surface area contributed by atoms with E-state index in [-0.39, 0.29) is 17.4 Å². The standard InChI is InChI=1S/C14H17N3O3/c1-4-8(2)15-12-13(18)17-10-6-5-9(14(19)20-3)7-11(10)16-12/h5-8H,4H2,1-3H3,(H,15,16)(H,17,18). The Hall–Kier alpha value is -2.37. The summed E-state index contributed by atoms with van der Waals surface area (Å²) in [4.78, 5) is 30.4. The second-order valence-electron chi connectivity index (χ2n) is 4.59. The van der Waals surface area contributed by atoms with Gasteiger partial charge in [0.15, 0.2) is 5.82 Å². The predicted octanol–water partition coefficient (Wildman–Crippen LogP) is 1.92. The molecule has 0 radical (unpaired) electrons. The summed E-state index contributed by atoms with van der Waals surface area (Å²) in [6, 6.07) is 4.97. The van der Waals surface area contributed by atoms with Crippen LogP contribution >= 0.6 is 0 Å². The zero-order valence-corrected chi connectivity index (χ0v) is 11.7. The van der Waals surface area contributed by atoms with Gasteiger partial charge in [0.2, 0.25) is 0 Å². The van der Waals surface area contributed by atoms with Crippen molar-refractivity contribution >= 4 is 22.8 Å². The summed E-state index contributed by atoms with van der Waals surface area (Å²) in [5.41, 5.74) is 1.24. The normalized spacial score (nSPS) is 12.2. The summed E-state index contributed by atoms with van der Waals surface area (Å²) in [7, 11) is 1.32. The topological polar surface area (TPSA) is 84.1 Å². The Kier molecular flexibility index (Phi) is 4.02. The summed E-state index contributed by atoms with van der Waals surface area (Å²) in [6.45, 7) is 3.98. The van der Waals surface area contributed by atoms with Gasteiger partial charge in [0.25, 0.3) is 5.56 Å². The van der Waals surface area contributed by atoms with Crippen molar-refractivity contribution in [3.63, 3.8) is 0 Å². The Balaban J connectivity index is 2.49. The van der Waals surface area contributed by atoms with Crippen LogP contribution in [0.2, 0.25) is 0 Å². The molecule has 1 heterocycles. The van der Waals surface area contributed by atoms with Gasteiger partial charge in [0.1, 0.15) is 0 Å². The van der Waals surface area contributed by atoms with E-state index in [1.54, 1.807) is 18.2 Å². The first kappa shape index (κ1) is 14.0. The highest BCUT2D eigenvalue weighted by molar-refractivity contribution is 5.93. The van der Waals surface area contributed by atoms with Gasteiger partial charge in [-0.2, -0.15) is 0 Å². The molecule has 2 rings (SSSR count). The number of nitrogens with zero attached hydrogens (tertiary/aromatic N) is 1. The summed E-state index contributed by atoms with van der Waals surface area (Å²) in [6.07, 6.45) is 0.876. The van der Waals surface area contributed by atoms with E-state index in [2.05, 4.69) is 20.0 Å². The van der Waals surface area contributed by atoms with Gasteiger partial charge in [-0.3, -0.25) is 4.79 Å². The van der Waals surface area contributed by atoms with Crippen molar-refractivity contribution < 1.29 is 9.53 Å². The van der Waals surface area contributed by atoms with Crippen LogP contribution in [0.1, 0.15) is 30.6 Å². The quantitative estimate of drug-likeness (QED) is 0.833. The van der Waals surface area contributed by atoms with E-state index >= 15 is 0 Å². The first-order chi connectivity index (χ1) is 9.55. The van der Waals surface area contributed by atoms with Crippen molar-refractivity contribution in [2.45, 2.75) is 26.3 Å². The van der Waals surface area contributed by atoms with Gasteiger partial charge in [-0.1, -0.05) is 6.92 Å². The number of carbonyl (C=O) groups is 1. The molecule has 2 N–H and O–H groups in total. The van der Waals surface area contributed by atoms with Crippen LogP contribution in [0.15, 0.2) is 23.0 Å². The molecular formula is C14H17N3O3. The third-order valence-electron chi connectivity index (χ3n) is 3.11. The minimum atomic E-state index is -0.434. The molecule has 1 aromatic carbocycles. The van der Waals surface area contributed by atoms with E-state index in [9.17, 15) is 9.59 Å². The molecule has 0 saturated heterocycles. The van der Waals surface area contributed by atoms with Crippen LogP contribution in [0.3, 0.4) is 0 Å². The molecule has 6 heteroatoms. The second kappa shape index (κ2) is 5.73. The van der Waals surface area contributed by atoms with E-state index in [1.807, 2.05) is 13.8 Å². The molecule has 20 heavy (non-hydrogen) atoms. The fraction of sp³-hybridized carbons (Fsp3) is 0.357. The summed E-state index contributed by atoms with van der Waals surface area (Å²) in [5.74, 6) is -0.176. The van der Waals surface area contributed by atoms with E-state index in [0.717, 1.165) is 6.42 Å². The molecule has 6 nitrogen and oxygen atoms in total. The SMILES string of the molecule is CCC(C)Nc1nc2cc(C(=O)OC)ccc2[nH]c1=O.